The Morgan fingerprint density at radius 1 is 0.875 bits per heavy atom. The lowest BCUT2D eigenvalue weighted by Gasteiger charge is -2.17. The fraction of sp³-hybridized carbons (Fsp3) is 0.190. The van der Waals surface area contributed by atoms with Gasteiger partial charge < -0.3 is 10.6 Å². The smallest absolute Gasteiger partial charge is 0.282 e. The second kappa shape index (κ2) is 7.28. The summed E-state index contributed by atoms with van der Waals surface area (Å²) in [4.78, 5) is 12.6. The third-order valence-electron chi connectivity index (χ3n) is 4.36. The third kappa shape index (κ3) is 3.63. The van der Waals surface area contributed by atoms with Gasteiger partial charge >= 0.3 is 0 Å². The summed E-state index contributed by atoms with van der Waals surface area (Å²) in [5.41, 5.74) is 2.09. The molecule has 3 nitrogen and oxygen atoms in total. The Kier molecular flexibility index (Phi) is 4.92. The van der Waals surface area contributed by atoms with Crippen molar-refractivity contribution in [1.29, 1.82) is 0 Å². The second-order valence-corrected chi connectivity index (χ2v) is 6.20. The fourth-order valence-electron chi connectivity index (χ4n) is 2.97. The molecule has 3 rings (SSSR count). The molecule has 3 N–H and O–H groups in total. The maximum Gasteiger partial charge on any atom is 0.282 e. The van der Waals surface area contributed by atoms with Crippen molar-refractivity contribution in [3.63, 3.8) is 0 Å². The highest BCUT2D eigenvalue weighted by Gasteiger charge is 2.20. The van der Waals surface area contributed by atoms with Gasteiger partial charge in [-0.3, -0.25) is 4.79 Å². The molecule has 0 fully saturated rings. The summed E-state index contributed by atoms with van der Waals surface area (Å²) in [5, 5.41) is 7.36. The molecule has 3 aromatic rings. The maximum atomic E-state index is 12.6. The molecule has 24 heavy (non-hydrogen) atoms. The zero-order valence-corrected chi connectivity index (χ0v) is 14.1. The number of quaternary nitrogens is 1. The predicted octanol–water partition coefficient (Wildman–Crippen LogP) is 3.49. The molecule has 0 aliphatic carbocycles. The van der Waals surface area contributed by atoms with Gasteiger partial charge in [-0.05, 0) is 25.3 Å². The molecular weight excluding hydrogens is 296 g/mol. The molecule has 0 bridgehead atoms. The molecule has 0 aromatic heterocycles. The van der Waals surface area contributed by atoms with Crippen LogP contribution in [0.4, 0.5) is 5.69 Å². The van der Waals surface area contributed by atoms with Crippen molar-refractivity contribution in [2.75, 3.05) is 5.32 Å². The van der Waals surface area contributed by atoms with E-state index in [0.29, 0.717) is 0 Å². The topological polar surface area (TPSA) is 45.7 Å². The number of fused-ring (bicyclic) bond motifs is 1. The van der Waals surface area contributed by atoms with Crippen LogP contribution in [0.2, 0.25) is 0 Å². The zero-order chi connectivity index (χ0) is 16.9. The van der Waals surface area contributed by atoms with Crippen LogP contribution in [0, 0.1) is 0 Å². The van der Waals surface area contributed by atoms with Gasteiger partial charge in [-0.15, -0.1) is 0 Å². The quantitative estimate of drug-likeness (QED) is 0.743. The Hall–Kier alpha value is -2.65. The average Bonchev–Trinajstić information content (AvgIpc) is 2.62. The van der Waals surface area contributed by atoms with Crippen molar-refractivity contribution in [3.8, 4) is 0 Å². The summed E-state index contributed by atoms with van der Waals surface area (Å²) in [6, 6.07) is 24.4. The predicted molar refractivity (Wildman–Crippen MR) is 98.8 cm³/mol. The molecule has 0 radical (unpaired) electrons. The lowest BCUT2D eigenvalue weighted by Crippen LogP contribution is -2.91. The summed E-state index contributed by atoms with van der Waals surface area (Å²) in [6.07, 6.45) is 0. The molecular formula is C21H23N2O+. The highest BCUT2D eigenvalue weighted by molar-refractivity contribution is 6.03. The van der Waals surface area contributed by atoms with Crippen LogP contribution < -0.4 is 10.6 Å². The van der Waals surface area contributed by atoms with Crippen LogP contribution in [0.25, 0.3) is 10.8 Å². The SMILES string of the molecule is C[C@H]([NH2+][C@H](C)C(=O)Nc1cccc2ccccc12)c1ccccc1. The number of hydrogen-bond donors (Lipinski definition) is 2. The van der Waals surface area contributed by atoms with Gasteiger partial charge in [0.25, 0.3) is 5.91 Å². The van der Waals surface area contributed by atoms with Crippen LogP contribution >= 0.6 is 0 Å². The van der Waals surface area contributed by atoms with Crippen LogP contribution in [-0.4, -0.2) is 11.9 Å². The first-order valence-corrected chi connectivity index (χ1v) is 8.33. The molecule has 0 saturated heterocycles. The van der Waals surface area contributed by atoms with E-state index in [2.05, 4.69) is 41.8 Å². The van der Waals surface area contributed by atoms with Crippen LogP contribution in [-0.2, 0) is 4.79 Å². The summed E-state index contributed by atoms with van der Waals surface area (Å²) in [5.74, 6) is 0.0223. The number of hydrogen-bond acceptors (Lipinski definition) is 1. The van der Waals surface area contributed by atoms with Gasteiger partial charge in [0.2, 0.25) is 0 Å². The van der Waals surface area contributed by atoms with Gasteiger partial charge in [-0.25, -0.2) is 0 Å². The number of benzene rings is 3. The number of carbonyl (C=O) groups is 1. The number of rotatable bonds is 5. The Labute approximate surface area is 142 Å². The van der Waals surface area contributed by atoms with Crippen molar-refractivity contribution in [2.45, 2.75) is 25.9 Å². The minimum Gasteiger partial charge on any atom is -0.330 e. The van der Waals surface area contributed by atoms with E-state index >= 15 is 0 Å². The second-order valence-electron chi connectivity index (χ2n) is 6.20. The Morgan fingerprint density at radius 3 is 2.33 bits per heavy atom. The molecule has 3 aromatic carbocycles. The van der Waals surface area contributed by atoms with E-state index in [1.807, 2.05) is 55.5 Å². The number of nitrogens with two attached hydrogens (primary N) is 1. The van der Waals surface area contributed by atoms with Crippen LogP contribution in [0.1, 0.15) is 25.5 Å². The molecule has 3 heteroatoms. The zero-order valence-electron chi connectivity index (χ0n) is 14.1. The number of carbonyl (C=O) groups excluding carboxylic acids is 1. The van der Waals surface area contributed by atoms with E-state index in [0.717, 1.165) is 16.5 Å². The van der Waals surface area contributed by atoms with E-state index < -0.39 is 0 Å². The van der Waals surface area contributed by atoms with Gasteiger partial charge in [0.1, 0.15) is 6.04 Å². The van der Waals surface area contributed by atoms with Gasteiger partial charge in [0.15, 0.2) is 6.04 Å². The van der Waals surface area contributed by atoms with Crippen LogP contribution in [0.5, 0.6) is 0 Å². The molecule has 0 aliphatic rings. The summed E-state index contributed by atoms with van der Waals surface area (Å²) in [6.45, 7) is 4.07. The largest absolute Gasteiger partial charge is 0.330 e. The van der Waals surface area contributed by atoms with Gasteiger partial charge in [-0.1, -0.05) is 66.7 Å². The Balaban J connectivity index is 1.70. The average molecular weight is 319 g/mol. The fourth-order valence-corrected chi connectivity index (χ4v) is 2.97. The highest BCUT2D eigenvalue weighted by Crippen LogP contribution is 2.22. The normalized spacial score (nSPS) is 13.4. The summed E-state index contributed by atoms with van der Waals surface area (Å²) in [7, 11) is 0. The molecule has 0 aliphatic heterocycles. The van der Waals surface area contributed by atoms with Crippen molar-refractivity contribution >= 4 is 22.4 Å². The van der Waals surface area contributed by atoms with E-state index in [-0.39, 0.29) is 18.0 Å². The van der Waals surface area contributed by atoms with Crippen molar-refractivity contribution in [1.82, 2.24) is 0 Å². The molecule has 122 valence electrons. The molecule has 1 amide bonds. The van der Waals surface area contributed by atoms with Crippen molar-refractivity contribution in [2.24, 2.45) is 0 Å². The summed E-state index contributed by atoms with van der Waals surface area (Å²) < 4.78 is 0. The van der Waals surface area contributed by atoms with Gasteiger partial charge in [-0.2, -0.15) is 0 Å². The van der Waals surface area contributed by atoms with E-state index in [1.165, 1.54) is 5.56 Å². The highest BCUT2D eigenvalue weighted by atomic mass is 16.2. The lowest BCUT2D eigenvalue weighted by atomic mass is 10.1. The van der Waals surface area contributed by atoms with E-state index in [4.69, 9.17) is 0 Å². The van der Waals surface area contributed by atoms with Crippen molar-refractivity contribution in [3.05, 3.63) is 78.4 Å². The standard InChI is InChI=1S/C21H22N2O/c1-15(17-9-4-3-5-10-17)22-16(2)21(24)23-20-14-8-12-18-11-6-7-13-19(18)20/h3-16,22H,1-2H3,(H,23,24)/p+1/t15-,16+/m0/s1. The van der Waals surface area contributed by atoms with E-state index in [1.54, 1.807) is 0 Å². The van der Waals surface area contributed by atoms with Crippen LogP contribution in [0.3, 0.4) is 0 Å². The van der Waals surface area contributed by atoms with Gasteiger partial charge in [0, 0.05) is 16.6 Å². The molecule has 0 spiro atoms. The first-order chi connectivity index (χ1) is 11.6. The number of nitrogens with one attached hydrogen (secondary N) is 1. The third-order valence-corrected chi connectivity index (χ3v) is 4.36. The van der Waals surface area contributed by atoms with Crippen molar-refractivity contribution < 1.29 is 10.1 Å². The van der Waals surface area contributed by atoms with E-state index in [9.17, 15) is 4.79 Å². The molecule has 2 atom stereocenters. The Morgan fingerprint density at radius 2 is 1.54 bits per heavy atom. The molecule has 0 saturated carbocycles. The summed E-state index contributed by atoms with van der Waals surface area (Å²) >= 11 is 0. The first kappa shape index (κ1) is 16.2. The van der Waals surface area contributed by atoms with Gasteiger partial charge in [0.05, 0.1) is 0 Å². The Bertz CT molecular complexity index is 824. The number of amides is 1. The number of anilines is 1. The first-order valence-electron chi connectivity index (χ1n) is 8.33. The maximum absolute atomic E-state index is 12.6. The monoisotopic (exact) mass is 319 g/mol. The minimum atomic E-state index is -0.167. The van der Waals surface area contributed by atoms with Crippen LogP contribution in [0.15, 0.2) is 72.8 Å². The minimum absolute atomic E-state index is 0.0223. The molecule has 0 unspecified atom stereocenters. The lowest BCUT2D eigenvalue weighted by molar-refractivity contribution is -0.709. The molecule has 0 heterocycles.